The number of nitrogens with zero attached hydrogens (tertiary/aromatic N) is 1. The van der Waals surface area contributed by atoms with Gasteiger partial charge in [-0.1, -0.05) is 6.07 Å². The molecule has 5 nitrogen and oxygen atoms in total. The number of piperazine rings is 1. The van der Waals surface area contributed by atoms with Crippen molar-refractivity contribution in [3.63, 3.8) is 0 Å². The Balaban J connectivity index is 2.14. The Morgan fingerprint density at radius 1 is 1.26 bits per heavy atom. The minimum atomic E-state index is 0.364. The normalized spacial score (nSPS) is 14.7. The maximum absolute atomic E-state index is 8.19. The number of hydrogen-bond donors (Lipinski definition) is 3. The highest BCUT2D eigenvalue weighted by Gasteiger charge is 2.16. The monoisotopic (exact) mass is 310 g/mol. The van der Waals surface area contributed by atoms with Gasteiger partial charge in [-0.25, -0.2) is 0 Å². The molecule has 3 rings (SSSR count). The Labute approximate surface area is 136 Å². The molecule has 0 atom stereocenters. The summed E-state index contributed by atoms with van der Waals surface area (Å²) in [7, 11) is 1.68. The molecule has 2 aromatic rings. The summed E-state index contributed by atoms with van der Waals surface area (Å²) in [5.41, 5.74) is 2.52. The second kappa shape index (κ2) is 6.79. The van der Waals surface area contributed by atoms with Crippen molar-refractivity contribution in [3.05, 3.63) is 35.9 Å². The van der Waals surface area contributed by atoms with Gasteiger partial charge in [-0.2, -0.15) is 0 Å². The predicted molar refractivity (Wildman–Crippen MR) is 95.8 cm³/mol. The average molecular weight is 310 g/mol. The molecule has 1 aliphatic heterocycles. The molecule has 2 aromatic carbocycles. The molecule has 23 heavy (non-hydrogen) atoms. The fourth-order valence-electron chi connectivity index (χ4n) is 3.01. The lowest BCUT2D eigenvalue weighted by molar-refractivity contribution is 0.415. The molecular formula is C18H22N4O. The first kappa shape index (κ1) is 15.5. The Hall–Kier alpha value is -2.40. The number of fused-ring (bicyclic) bond motifs is 1. The summed E-state index contributed by atoms with van der Waals surface area (Å²) in [5.74, 6) is 0.844. The van der Waals surface area contributed by atoms with Crippen LogP contribution in [-0.2, 0) is 0 Å². The van der Waals surface area contributed by atoms with Gasteiger partial charge in [-0.05, 0) is 35.2 Å². The fraction of sp³-hybridized carbons (Fsp3) is 0.333. The molecule has 0 amide bonds. The lowest BCUT2D eigenvalue weighted by Crippen LogP contribution is -2.43. The molecule has 0 aliphatic carbocycles. The van der Waals surface area contributed by atoms with Gasteiger partial charge in [0.25, 0.3) is 0 Å². The van der Waals surface area contributed by atoms with Gasteiger partial charge in [-0.15, -0.1) is 0 Å². The lowest BCUT2D eigenvalue weighted by atomic mass is 9.99. The minimum absolute atomic E-state index is 0.364. The van der Waals surface area contributed by atoms with E-state index in [1.807, 2.05) is 18.2 Å². The number of nitrogens with one attached hydrogen (secondary N) is 3. The largest absolute Gasteiger partial charge is 0.497 e. The summed E-state index contributed by atoms with van der Waals surface area (Å²) in [6.45, 7) is 3.84. The minimum Gasteiger partial charge on any atom is -0.497 e. The third kappa shape index (κ3) is 3.19. The second-order valence-electron chi connectivity index (χ2n) is 5.71. The Morgan fingerprint density at radius 2 is 2.04 bits per heavy atom. The molecule has 1 aliphatic rings. The zero-order valence-corrected chi connectivity index (χ0v) is 13.4. The number of rotatable bonds is 5. The Bertz CT molecular complexity index is 735. The van der Waals surface area contributed by atoms with Crippen molar-refractivity contribution in [2.24, 2.45) is 0 Å². The van der Waals surface area contributed by atoms with Crippen LogP contribution in [0.15, 0.2) is 30.3 Å². The third-order valence-corrected chi connectivity index (χ3v) is 4.25. The highest BCUT2D eigenvalue weighted by molar-refractivity contribution is 6.09. The molecule has 0 saturated carbocycles. The van der Waals surface area contributed by atoms with Gasteiger partial charge in [0.05, 0.1) is 7.11 Å². The maximum Gasteiger partial charge on any atom is 0.119 e. The van der Waals surface area contributed by atoms with Crippen LogP contribution in [0.1, 0.15) is 12.0 Å². The van der Waals surface area contributed by atoms with Crippen molar-refractivity contribution in [2.45, 2.75) is 6.42 Å². The molecule has 1 fully saturated rings. The second-order valence-corrected chi connectivity index (χ2v) is 5.71. The van der Waals surface area contributed by atoms with Crippen molar-refractivity contribution >= 4 is 28.4 Å². The topological polar surface area (TPSA) is 72.2 Å². The molecule has 1 saturated heterocycles. The molecule has 0 unspecified atom stereocenters. The van der Waals surface area contributed by atoms with Crippen molar-refractivity contribution in [3.8, 4) is 5.75 Å². The van der Waals surface area contributed by atoms with E-state index in [1.54, 1.807) is 7.11 Å². The van der Waals surface area contributed by atoms with Gasteiger partial charge < -0.3 is 25.8 Å². The van der Waals surface area contributed by atoms with Crippen LogP contribution in [0.3, 0.4) is 0 Å². The first-order chi connectivity index (χ1) is 11.2. The first-order valence-corrected chi connectivity index (χ1v) is 7.87. The van der Waals surface area contributed by atoms with E-state index in [-0.39, 0.29) is 0 Å². The maximum atomic E-state index is 8.19. The van der Waals surface area contributed by atoms with Crippen molar-refractivity contribution < 1.29 is 4.74 Å². The molecule has 0 radical (unpaired) electrons. The first-order valence-electron chi connectivity index (χ1n) is 7.87. The number of methoxy groups -OCH3 is 1. The van der Waals surface area contributed by atoms with E-state index in [0.717, 1.165) is 54.0 Å². The van der Waals surface area contributed by atoms with E-state index in [4.69, 9.17) is 15.6 Å². The van der Waals surface area contributed by atoms with Crippen LogP contribution >= 0.6 is 0 Å². The zero-order chi connectivity index (χ0) is 16.2. The van der Waals surface area contributed by atoms with E-state index in [2.05, 4.69) is 22.3 Å². The van der Waals surface area contributed by atoms with Gasteiger partial charge >= 0.3 is 0 Å². The van der Waals surface area contributed by atoms with Crippen LogP contribution in [-0.4, -0.2) is 45.2 Å². The molecule has 5 heteroatoms. The molecule has 0 aromatic heterocycles. The van der Waals surface area contributed by atoms with Crippen LogP contribution in [0, 0.1) is 10.8 Å². The summed E-state index contributed by atoms with van der Waals surface area (Å²) in [5, 5.41) is 21.1. The van der Waals surface area contributed by atoms with Gasteiger partial charge in [0.1, 0.15) is 5.75 Å². The van der Waals surface area contributed by atoms with Crippen LogP contribution < -0.4 is 15.0 Å². The fourth-order valence-corrected chi connectivity index (χ4v) is 3.01. The van der Waals surface area contributed by atoms with E-state index in [9.17, 15) is 0 Å². The van der Waals surface area contributed by atoms with Gasteiger partial charge in [0, 0.05) is 55.6 Å². The predicted octanol–water partition coefficient (Wildman–Crippen LogP) is 2.67. The molecule has 0 spiro atoms. The van der Waals surface area contributed by atoms with Crippen molar-refractivity contribution in [2.75, 3.05) is 38.2 Å². The highest BCUT2D eigenvalue weighted by Crippen LogP contribution is 2.32. The molecule has 0 bridgehead atoms. The smallest absolute Gasteiger partial charge is 0.119 e. The third-order valence-electron chi connectivity index (χ3n) is 4.25. The van der Waals surface area contributed by atoms with E-state index in [0.29, 0.717) is 12.1 Å². The standard InChI is InChI=1S/C18H22N4O/c1-23-15-3-2-13-10-14(17(20)4-5-19)11-18(16(13)12-15)22-8-6-21-7-9-22/h2-3,5,10-12,19-21H,4,6-9H2,1H3. The van der Waals surface area contributed by atoms with Crippen molar-refractivity contribution in [1.29, 1.82) is 10.8 Å². The van der Waals surface area contributed by atoms with Crippen LogP contribution in [0.4, 0.5) is 5.69 Å². The summed E-state index contributed by atoms with van der Waals surface area (Å²) in [6, 6.07) is 10.2. The Morgan fingerprint density at radius 3 is 2.74 bits per heavy atom. The van der Waals surface area contributed by atoms with Crippen LogP contribution in [0.5, 0.6) is 5.75 Å². The summed E-state index contributed by atoms with van der Waals surface area (Å²) >= 11 is 0. The van der Waals surface area contributed by atoms with Crippen molar-refractivity contribution in [1.82, 2.24) is 5.32 Å². The number of ether oxygens (including phenoxy) is 1. The van der Waals surface area contributed by atoms with E-state index in [1.165, 1.54) is 6.21 Å². The summed E-state index contributed by atoms with van der Waals surface area (Å²) < 4.78 is 5.38. The highest BCUT2D eigenvalue weighted by atomic mass is 16.5. The lowest BCUT2D eigenvalue weighted by Gasteiger charge is -2.31. The number of benzene rings is 2. The number of anilines is 1. The summed E-state index contributed by atoms with van der Waals surface area (Å²) in [6.07, 6.45) is 1.65. The molecule has 1 heterocycles. The molecule has 3 N–H and O–H groups in total. The van der Waals surface area contributed by atoms with Gasteiger partial charge in [0.15, 0.2) is 0 Å². The summed E-state index contributed by atoms with van der Waals surface area (Å²) in [4.78, 5) is 2.36. The van der Waals surface area contributed by atoms with E-state index >= 15 is 0 Å². The van der Waals surface area contributed by atoms with E-state index < -0.39 is 0 Å². The Kier molecular flexibility index (Phi) is 4.57. The number of hydrogen-bond acceptors (Lipinski definition) is 5. The van der Waals surface area contributed by atoms with Crippen LogP contribution in [0.2, 0.25) is 0 Å². The molecule has 120 valence electrons. The zero-order valence-electron chi connectivity index (χ0n) is 13.4. The van der Waals surface area contributed by atoms with Crippen LogP contribution in [0.25, 0.3) is 10.8 Å². The quantitative estimate of drug-likeness (QED) is 0.743. The van der Waals surface area contributed by atoms with Gasteiger partial charge in [0.2, 0.25) is 0 Å². The van der Waals surface area contributed by atoms with Gasteiger partial charge in [-0.3, -0.25) is 0 Å². The average Bonchev–Trinajstić information content (AvgIpc) is 2.61. The molecular weight excluding hydrogens is 288 g/mol. The SMILES string of the molecule is COc1ccc2cc(C(=N)CC=N)cc(N3CCNCC3)c2c1.